The molecule has 0 amide bonds. The van der Waals surface area contributed by atoms with Crippen LogP contribution in [0.1, 0.15) is 20.8 Å². The van der Waals surface area contributed by atoms with E-state index >= 15 is 0 Å². The smallest absolute Gasteiger partial charge is 0.323 e. The Morgan fingerprint density at radius 3 is 2.61 bits per heavy atom. The Morgan fingerprint density at radius 2 is 2.06 bits per heavy atom. The Kier molecular flexibility index (Phi) is 4.62. The van der Waals surface area contributed by atoms with Gasteiger partial charge in [-0.15, -0.1) is 0 Å². The van der Waals surface area contributed by atoms with E-state index in [0.717, 1.165) is 0 Å². The second-order valence-electron chi connectivity index (χ2n) is 4.48. The SMILES string of the molecule is CC(C)Oc1nc(N)nc(NCC(C)(O)CO)n1. The standard InChI is InChI=1S/C10H19N5O3/c1-6(2)18-9-14-7(11)13-8(15-9)12-4-10(3,17)5-16/h6,16-17H,4-5H2,1-3H3,(H3,11,12,13,14,15). The number of nitrogens with zero attached hydrogens (tertiary/aromatic N) is 3. The van der Waals surface area contributed by atoms with Crippen LogP contribution in [0.4, 0.5) is 11.9 Å². The molecule has 8 heteroatoms. The molecule has 18 heavy (non-hydrogen) atoms. The van der Waals surface area contributed by atoms with Gasteiger partial charge in [0, 0.05) is 6.54 Å². The van der Waals surface area contributed by atoms with Gasteiger partial charge < -0.3 is 26.0 Å². The van der Waals surface area contributed by atoms with Crippen molar-refractivity contribution in [1.29, 1.82) is 0 Å². The van der Waals surface area contributed by atoms with Crippen molar-refractivity contribution < 1.29 is 14.9 Å². The first kappa shape index (κ1) is 14.4. The Bertz CT molecular complexity index is 397. The number of nitrogens with two attached hydrogens (primary N) is 1. The summed E-state index contributed by atoms with van der Waals surface area (Å²) in [5.41, 5.74) is 4.25. The third kappa shape index (κ3) is 4.68. The van der Waals surface area contributed by atoms with Gasteiger partial charge in [-0.3, -0.25) is 0 Å². The molecule has 1 heterocycles. The quantitative estimate of drug-likeness (QED) is 0.532. The highest BCUT2D eigenvalue weighted by atomic mass is 16.5. The Morgan fingerprint density at radius 1 is 1.39 bits per heavy atom. The molecule has 102 valence electrons. The van der Waals surface area contributed by atoms with E-state index in [9.17, 15) is 5.11 Å². The number of aliphatic hydroxyl groups excluding tert-OH is 1. The summed E-state index contributed by atoms with van der Waals surface area (Å²) in [6.07, 6.45) is -0.0831. The van der Waals surface area contributed by atoms with Gasteiger partial charge in [0.1, 0.15) is 5.60 Å². The van der Waals surface area contributed by atoms with Gasteiger partial charge in [0.05, 0.1) is 12.7 Å². The van der Waals surface area contributed by atoms with Gasteiger partial charge in [0.15, 0.2) is 0 Å². The van der Waals surface area contributed by atoms with Gasteiger partial charge in [-0.1, -0.05) is 0 Å². The number of nitrogens with one attached hydrogen (secondary N) is 1. The van der Waals surface area contributed by atoms with Crippen LogP contribution in [0, 0.1) is 0 Å². The van der Waals surface area contributed by atoms with Crippen LogP contribution in [0.3, 0.4) is 0 Å². The third-order valence-electron chi connectivity index (χ3n) is 1.94. The molecule has 0 radical (unpaired) electrons. The minimum absolute atomic E-state index is 0.0202. The molecule has 1 aromatic rings. The summed E-state index contributed by atoms with van der Waals surface area (Å²) in [7, 11) is 0. The highest BCUT2D eigenvalue weighted by molar-refractivity contribution is 5.32. The van der Waals surface area contributed by atoms with E-state index in [1.54, 1.807) is 0 Å². The highest BCUT2D eigenvalue weighted by Crippen LogP contribution is 2.11. The topological polar surface area (TPSA) is 126 Å². The number of hydrogen-bond donors (Lipinski definition) is 4. The van der Waals surface area contributed by atoms with Crippen LogP contribution in [0.25, 0.3) is 0 Å². The molecular weight excluding hydrogens is 238 g/mol. The van der Waals surface area contributed by atoms with Crippen molar-refractivity contribution in [1.82, 2.24) is 15.0 Å². The van der Waals surface area contributed by atoms with Gasteiger partial charge in [-0.2, -0.15) is 15.0 Å². The van der Waals surface area contributed by atoms with Crippen molar-refractivity contribution in [2.45, 2.75) is 32.5 Å². The number of nitrogen functional groups attached to an aromatic ring is 1. The van der Waals surface area contributed by atoms with Crippen molar-refractivity contribution in [2.75, 3.05) is 24.2 Å². The lowest BCUT2D eigenvalue weighted by Crippen LogP contribution is -2.37. The first-order chi connectivity index (χ1) is 8.32. The Labute approximate surface area is 105 Å². The van der Waals surface area contributed by atoms with Crippen molar-refractivity contribution in [3.05, 3.63) is 0 Å². The van der Waals surface area contributed by atoms with Crippen LogP contribution in [0.15, 0.2) is 0 Å². The summed E-state index contributed by atoms with van der Waals surface area (Å²) in [5.74, 6) is 0.207. The zero-order valence-corrected chi connectivity index (χ0v) is 10.7. The molecule has 0 saturated carbocycles. The zero-order chi connectivity index (χ0) is 13.8. The second-order valence-corrected chi connectivity index (χ2v) is 4.48. The average molecular weight is 257 g/mol. The summed E-state index contributed by atoms with van der Waals surface area (Å²) in [6, 6.07) is 0.114. The van der Waals surface area contributed by atoms with Gasteiger partial charge >= 0.3 is 6.01 Å². The van der Waals surface area contributed by atoms with Crippen LogP contribution >= 0.6 is 0 Å². The fraction of sp³-hybridized carbons (Fsp3) is 0.700. The normalized spacial score (nSPS) is 14.3. The maximum Gasteiger partial charge on any atom is 0.323 e. The van der Waals surface area contributed by atoms with Gasteiger partial charge in [-0.25, -0.2) is 0 Å². The van der Waals surface area contributed by atoms with Crippen LogP contribution < -0.4 is 15.8 Å². The summed E-state index contributed by atoms with van der Waals surface area (Å²) in [6.45, 7) is 4.85. The molecule has 1 unspecified atom stereocenters. The largest absolute Gasteiger partial charge is 0.461 e. The predicted octanol–water partition coefficient (Wildman–Crippen LogP) is -0.604. The maximum atomic E-state index is 9.62. The van der Waals surface area contributed by atoms with E-state index in [-0.39, 0.29) is 37.2 Å². The molecule has 0 bridgehead atoms. The van der Waals surface area contributed by atoms with Crippen molar-refractivity contribution >= 4 is 11.9 Å². The summed E-state index contributed by atoms with van der Waals surface area (Å²) in [4.78, 5) is 11.7. The third-order valence-corrected chi connectivity index (χ3v) is 1.94. The average Bonchev–Trinajstić information content (AvgIpc) is 2.25. The van der Waals surface area contributed by atoms with Crippen LogP contribution in [-0.4, -0.2) is 50.0 Å². The lowest BCUT2D eigenvalue weighted by Gasteiger charge is -2.20. The summed E-state index contributed by atoms with van der Waals surface area (Å²) < 4.78 is 5.30. The van der Waals surface area contributed by atoms with E-state index in [0.29, 0.717) is 0 Å². The first-order valence-corrected chi connectivity index (χ1v) is 5.58. The van der Waals surface area contributed by atoms with Crippen molar-refractivity contribution in [2.24, 2.45) is 0 Å². The molecule has 0 saturated heterocycles. The van der Waals surface area contributed by atoms with Gasteiger partial charge in [0.25, 0.3) is 0 Å². The summed E-state index contributed by atoms with van der Waals surface area (Å²) >= 11 is 0. The number of aromatic nitrogens is 3. The van der Waals surface area contributed by atoms with Crippen molar-refractivity contribution in [3.8, 4) is 6.01 Å². The number of anilines is 2. The molecule has 0 aliphatic carbocycles. The zero-order valence-electron chi connectivity index (χ0n) is 10.7. The molecule has 0 aromatic carbocycles. The fourth-order valence-corrected chi connectivity index (χ4v) is 1.04. The van der Waals surface area contributed by atoms with Crippen molar-refractivity contribution in [3.63, 3.8) is 0 Å². The number of hydrogen-bond acceptors (Lipinski definition) is 8. The Hall–Kier alpha value is -1.67. The molecule has 1 aromatic heterocycles. The van der Waals surface area contributed by atoms with Crippen LogP contribution in [0.2, 0.25) is 0 Å². The predicted molar refractivity (Wildman–Crippen MR) is 66.2 cm³/mol. The molecular formula is C10H19N5O3. The molecule has 0 spiro atoms. The lowest BCUT2D eigenvalue weighted by molar-refractivity contribution is 0.0131. The number of ether oxygens (including phenoxy) is 1. The monoisotopic (exact) mass is 257 g/mol. The van der Waals surface area contributed by atoms with E-state index < -0.39 is 5.60 Å². The fourth-order valence-electron chi connectivity index (χ4n) is 1.04. The molecule has 8 nitrogen and oxygen atoms in total. The molecule has 0 aliphatic heterocycles. The number of aliphatic hydroxyl groups is 2. The molecule has 1 atom stereocenters. The van der Waals surface area contributed by atoms with E-state index in [1.807, 2.05) is 13.8 Å². The minimum Gasteiger partial charge on any atom is -0.461 e. The van der Waals surface area contributed by atoms with Gasteiger partial charge in [0.2, 0.25) is 11.9 Å². The van der Waals surface area contributed by atoms with E-state index in [1.165, 1.54) is 6.92 Å². The van der Waals surface area contributed by atoms with E-state index in [4.69, 9.17) is 15.6 Å². The van der Waals surface area contributed by atoms with Crippen LogP contribution in [-0.2, 0) is 0 Å². The molecule has 0 fully saturated rings. The Balaban J connectivity index is 2.74. The number of rotatable bonds is 6. The minimum atomic E-state index is -1.26. The molecule has 5 N–H and O–H groups in total. The molecule has 1 rings (SSSR count). The molecule has 0 aliphatic rings. The highest BCUT2D eigenvalue weighted by Gasteiger charge is 2.19. The second kappa shape index (κ2) is 5.78. The van der Waals surface area contributed by atoms with E-state index in [2.05, 4.69) is 20.3 Å². The first-order valence-electron chi connectivity index (χ1n) is 5.58. The van der Waals surface area contributed by atoms with Crippen LogP contribution in [0.5, 0.6) is 6.01 Å². The van der Waals surface area contributed by atoms with Gasteiger partial charge in [-0.05, 0) is 20.8 Å². The maximum absolute atomic E-state index is 9.62. The lowest BCUT2D eigenvalue weighted by atomic mass is 10.1. The summed E-state index contributed by atoms with van der Waals surface area (Å²) in [5, 5.41) is 21.3.